The van der Waals surface area contributed by atoms with Crippen LogP contribution in [0.3, 0.4) is 0 Å². The first-order valence-electron chi connectivity index (χ1n) is 7.62. The number of hydrogen-bond donors (Lipinski definition) is 2. The van der Waals surface area contributed by atoms with Gasteiger partial charge in [-0.1, -0.05) is 35.9 Å². The molecule has 0 radical (unpaired) electrons. The van der Waals surface area contributed by atoms with E-state index in [-0.39, 0.29) is 0 Å². The Kier molecular flexibility index (Phi) is 4.24. The van der Waals surface area contributed by atoms with Crippen molar-refractivity contribution >= 4 is 23.1 Å². The van der Waals surface area contributed by atoms with Crippen LogP contribution in [-0.4, -0.2) is 9.97 Å². The smallest absolute Gasteiger partial charge is 0.229 e. The minimum absolute atomic E-state index is 0.593. The van der Waals surface area contributed by atoms with E-state index >= 15 is 0 Å². The second-order valence-electron chi connectivity index (χ2n) is 5.65. The van der Waals surface area contributed by atoms with Crippen molar-refractivity contribution in [3.05, 3.63) is 71.4 Å². The molecule has 2 N–H and O–H groups in total. The highest BCUT2D eigenvalue weighted by molar-refractivity contribution is 5.62. The molecule has 0 spiro atoms. The van der Waals surface area contributed by atoms with Crippen LogP contribution in [-0.2, 0) is 0 Å². The molecule has 0 unspecified atom stereocenters. The van der Waals surface area contributed by atoms with Gasteiger partial charge in [-0.15, -0.1) is 0 Å². The van der Waals surface area contributed by atoms with E-state index in [9.17, 15) is 0 Å². The Morgan fingerprint density at radius 3 is 2.30 bits per heavy atom. The molecule has 0 amide bonds. The fraction of sp³-hybridized carbons (Fsp3) is 0.158. The quantitative estimate of drug-likeness (QED) is 0.720. The molecule has 116 valence electrons. The molecule has 4 nitrogen and oxygen atoms in total. The molecule has 1 heterocycles. The van der Waals surface area contributed by atoms with Gasteiger partial charge in [0.2, 0.25) is 5.95 Å². The van der Waals surface area contributed by atoms with Gasteiger partial charge in [0.15, 0.2) is 0 Å². The van der Waals surface area contributed by atoms with Gasteiger partial charge < -0.3 is 10.6 Å². The van der Waals surface area contributed by atoms with E-state index in [1.165, 1.54) is 11.1 Å². The minimum atomic E-state index is 0.593. The summed E-state index contributed by atoms with van der Waals surface area (Å²) in [4.78, 5) is 9.03. The second-order valence-corrected chi connectivity index (χ2v) is 5.65. The zero-order valence-corrected chi connectivity index (χ0v) is 13.6. The van der Waals surface area contributed by atoms with Crippen LogP contribution < -0.4 is 10.6 Å². The van der Waals surface area contributed by atoms with Crippen molar-refractivity contribution in [3.63, 3.8) is 0 Å². The molecule has 3 rings (SSSR count). The lowest BCUT2D eigenvalue weighted by atomic mass is 10.1. The molecule has 0 aliphatic carbocycles. The molecule has 0 atom stereocenters. The predicted molar refractivity (Wildman–Crippen MR) is 95.7 cm³/mol. The molecule has 4 heteroatoms. The number of para-hydroxylation sites is 1. The van der Waals surface area contributed by atoms with Gasteiger partial charge in [-0.2, -0.15) is 4.98 Å². The van der Waals surface area contributed by atoms with E-state index in [2.05, 4.69) is 52.6 Å². The molecule has 0 aliphatic rings. The van der Waals surface area contributed by atoms with E-state index in [1.54, 1.807) is 0 Å². The van der Waals surface area contributed by atoms with Crippen molar-refractivity contribution in [3.8, 4) is 0 Å². The van der Waals surface area contributed by atoms with Gasteiger partial charge in [0.1, 0.15) is 5.82 Å². The normalized spacial score (nSPS) is 10.4. The number of benzene rings is 2. The highest BCUT2D eigenvalue weighted by Gasteiger charge is 2.05. The van der Waals surface area contributed by atoms with Crippen LogP contribution in [0.15, 0.2) is 54.6 Å². The van der Waals surface area contributed by atoms with Crippen molar-refractivity contribution in [2.24, 2.45) is 0 Å². The second kappa shape index (κ2) is 6.48. The Labute approximate surface area is 136 Å². The molecule has 0 aliphatic heterocycles. The summed E-state index contributed by atoms with van der Waals surface area (Å²) < 4.78 is 0. The van der Waals surface area contributed by atoms with Crippen LogP contribution in [0.5, 0.6) is 0 Å². The molecule has 3 aromatic rings. The van der Waals surface area contributed by atoms with Gasteiger partial charge >= 0.3 is 0 Å². The van der Waals surface area contributed by atoms with Crippen LogP contribution in [0.4, 0.5) is 23.1 Å². The summed E-state index contributed by atoms with van der Waals surface area (Å²) in [7, 11) is 0. The largest absolute Gasteiger partial charge is 0.340 e. The van der Waals surface area contributed by atoms with Gasteiger partial charge in [0.25, 0.3) is 0 Å². The van der Waals surface area contributed by atoms with E-state index in [1.807, 2.05) is 43.3 Å². The first-order valence-corrected chi connectivity index (χ1v) is 7.62. The molecule has 0 fully saturated rings. The van der Waals surface area contributed by atoms with Crippen LogP contribution in [0.2, 0.25) is 0 Å². The Bertz CT molecular complexity index is 813. The summed E-state index contributed by atoms with van der Waals surface area (Å²) in [6, 6.07) is 18.2. The maximum Gasteiger partial charge on any atom is 0.229 e. The summed E-state index contributed by atoms with van der Waals surface area (Å²) in [6.45, 7) is 6.13. The number of nitrogens with one attached hydrogen (secondary N) is 2. The third-order valence-corrected chi connectivity index (χ3v) is 3.53. The maximum atomic E-state index is 4.55. The molecule has 1 aromatic heterocycles. The van der Waals surface area contributed by atoms with Crippen LogP contribution >= 0.6 is 0 Å². The molecular formula is C19H20N4. The van der Waals surface area contributed by atoms with Crippen molar-refractivity contribution in [1.29, 1.82) is 0 Å². The standard InChI is InChI=1S/C19H20N4/c1-13-9-10-17(14(2)11-13)22-19-20-15(3)12-18(23-19)21-16-7-5-4-6-8-16/h4-12H,1-3H3,(H2,20,21,22,23). The molecule has 2 aromatic carbocycles. The maximum absolute atomic E-state index is 4.55. The van der Waals surface area contributed by atoms with E-state index in [4.69, 9.17) is 0 Å². The summed E-state index contributed by atoms with van der Waals surface area (Å²) in [5.41, 5.74) is 5.35. The Balaban J connectivity index is 1.85. The fourth-order valence-electron chi connectivity index (χ4n) is 2.43. The highest BCUT2D eigenvalue weighted by Crippen LogP contribution is 2.22. The van der Waals surface area contributed by atoms with Gasteiger partial charge in [-0.05, 0) is 44.5 Å². The number of aryl methyl sites for hydroxylation is 3. The summed E-state index contributed by atoms with van der Waals surface area (Å²) in [5.74, 6) is 1.37. The third-order valence-electron chi connectivity index (χ3n) is 3.53. The molecular weight excluding hydrogens is 284 g/mol. The highest BCUT2D eigenvalue weighted by atomic mass is 15.1. The third kappa shape index (κ3) is 3.86. The van der Waals surface area contributed by atoms with E-state index in [0.717, 1.165) is 22.9 Å². The monoisotopic (exact) mass is 304 g/mol. The minimum Gasteiger partial charge on any atom is -0.340 e. The van der Waals surface area contributed by atoms with Gasteiger partial charge in [-0.3, -0.25) is 0 Å². The lowest BCUT2D eigenvalue weighted by Crippen LogP contribution is -2.03. The van der Waals surface area contributed by atoms with Gasteiger partial charge in [-0.25, -0.2) is 4.98 Å². The lowest BCUT2D eigenvalue weighted by Gasteiger charge is -2.12. The van der Waals surface area contributed by atoms with Crippen molar-refractivity contribution < 1.29 is 0 Å². The van der Waals surface area contributed by atoms with Crippen molar-refractivity contribution in [1.82, 2.24) is 9.97 Å². The van der Waals surface area contributed by atoms with E-state index in [0.29, 0.717) is 5.95 Å². The van der Waals surface area contributed by atoms with E-state index < -0.39 is 0 Å². The first kappa shape index (κ1) is 15.0. The molecule has 0 bridgehead atoms. The first-order chi connectivity index (χ1) is 11.1. The predicted octanol–water partition coefficient (Wildman–Crippen LogP) is 4.89. The summed E-state index contributed by atoms with van der Waals surface area (Å²) in [5, 5.41) is 6.61. The van der Waals surface area contributed by atoms with Gasteiger partial charge in [0, 0.05) is 23.1 Å². The van der Waals surface area contributed by atoms with Crippen LogP contribution in [0.1, 0.15) is 16.8 Å². The van der Waals surface area contributed by atoms with Crippen LogP contribution in [0, 0.1) is 20.8 Å². The number of rotatable bonds is 4. The molecule has 23 heavy (non-hydrogen) atoms. The Morgan fingerprint density at radius 2 is 1.57 bits per heavy atom. The van der Waals surface area contributed by atoms with Crippen molar-refractivity contribution in [2.45, 2.75) is 20.8 Å². The molecule has 0 saturated carbocycles. The lowest BCUT2D eigenvalue weighted by molar-refractivity contribution is 1.10. The summed E-state index contributed by atoms with van der Waals surface area (Å²) >= 11 is 0. The average Bonchev–Trinajstić information content (AvgIpc) is 2.50. The zero-order valence-electron chi connectivity index (χ0n) is 13.6. The summed E-state index contributed by atoms with van der Waals surface area (Å²) in [6.07, 6.45) is 0. The molecule has 0 saturated heterocycles. The van der Waals surface area contributed by atoms with Crippen LogP contribution in [0.25, 0.3) is 0 Å². The Hall–Kier alpha value is -2.88. The van der Waals surface area contributed by atoms with Crippen molar-refractivity contribution in [2.75, 3.05) is 10.6 Å². The zero-order chi connectivity index (χ0) is 16.2. The fourth-order valence-corrected chi connectivity index (χ4v) is 2.43. The number of aromatic nitrogens is 2. The SMILES string of the molecule is Cc1ccc(Nc2nc(C)cc(Nc3ccccc3)n2)c(C)c1. The number of hydrogen-bond acceptors (Lipinski definition) is 4. The Morgan fingerprint density at radius 1 is 0.783 bits per heavy atom. The topological polar surface area (TPSA) is 49.8 Å². The number of nitrogens with zero attached hydrogens (tertiary/aromatic N) is 2. The average molecular weight is 304 g/mol. The number of anilines is 4. The van der Waals surface area contributed by atoms with Gasteiger partial charge in [0.05, 0.1) is 0 Å².